The van der Waals surface area contributed by atoms with Crippen molar-refractivity contribution >= 4 is 23.5 Å². The van der Waals surface area contributed by atoms with Crippen molar-refractivity contribution in [2.24, 2.45) is 0 Å². The maximum absolute atomic E-state index is 12.4. The molecular weight excluding hydrogens is 328 g/mol. The van der Waals surface area contributed by atoms with Gasteiger partial charge >= 0.3 is 6.01 Å². The second kappa shape index (κ2) is 7.21. The lowest BCUT2D eigenvalue weighted by atomic mass is 10.1. The molecule has 0 aliphatic carbocycles. The molecule has 1 aromatic carbocycles. The van der Waals surface area contributed by atoms with Gasteiger partial charge in [-0.25, -0.2) is 0 Å². The fraction of sp³-hybridized carbons (Fsp3) is 0.471. The number of anilines is 1. The number of carbonyl (C=O) groups excluding carboxylic acids is 1. The van der Waals surface area contributed by atoms with E-state index in [1.54, 1.807) is 0 Å². The van der Waals surface area contributed by atoms with Crippen molar-refractivity contribution in [3.05, 3.63) is 40.7 Å². The molecule has 2 heterocycles. The van der Waals surface area contributed by atoms with E-state index in [1.165, 1.54) is 0 Å². The van der Waals surface area contributed by atoms with Crippen molar-refractivity contribution in [3.8, 4) is 0 Å². The summed E-state index contributed by atoms with van der Waals surface area (Å²) in [4.78, 5) is 16.3. The number of benzene rings is 1. The first kappa shape index (κ1) is 16.8. The standard InChI is InChI=1S/C17H21ClN4O2/c1-12(2)16-19-20-17(24-16)22-8-6-21(7-9-22)15(23)11-13-4-3-5-14(18)10-13/h3-5,10,12H,6-9,11H2,1-2H3. The minimum Gasteiger partial charge on any atom is -0.408 e. The van der Waals surface area contributed by atoms with Gasteiger partial charge in [-0.3, -0.25) is 4.79 Å². The molecule has 0 N–H and O–H groups in total. The molecule has 1 aliphatic rings. The van der Waals surface area contributed by atoms with Crippen LogP contribution in [0.3, 0.4) is 0 Å². The first-order valence-electron chi connectivity index (χ1n) is 8.13. The van der Waals surface area contributed by atoms with Gasteiger partial charge in [-0.2, -0.15) is 0 Å². The van der Waals surface area contributed by atoms with Gasteiger partial charge in [0.1, 0.15) is 0 Å². The number of nitrogens with zero attached hydrogens (tertiary/aromatic N) is 4. The van der Waals surface area contributed by atoms with E-state index in [1.807, 2.05) is 47.9 Å². The summed E-state index contributed by atoms with van der Waals surface area (Å²) in [5.41, 5.74) is 0.938. The predicted molar refractivity (Wildman–Crippen MR) is 92.3 cm³/mol. The number of halogens is 1. The van der Waals surface area contributed by atoms with Crippen LogP contribution >= 0.6 is 11.6 Å². The van der Waals surface area contributed by atoms with Crippen LogP contribution in [0.25, 0.3) is 0 Å². The predicted octanol–water partition coefficient (Wildman–Crippen LogP) is 2.74. The van der Waals surface area contributed by atoms with Gasteiger partial charge in [0, 0.05) is 37.1 Å². The third kappa shape index (κ3) is 3.87. The van der Waals surface area contributed by atoms with Crippen LogP contribution in [0, 0.1) is 0 Å². The lowest BCUT2D eigenvalue weighted by Gasteiger charge is -2.33. The summed E-state index contributed by atoms with van der Waals surface area (Å²) >= 11 is 5.97. The minimum absolute atomic E-state index is 0.116. The number of aromatic nitrogens is 2. The van der Waals surface area contributed by atoms with Crippen LogP contribution in [-0.2, 0) is 11.2 Å². The normalized spacial score (nSPS) is 15.2. The second-order valence-corrected chi connectivity index (χ2v) is 6.69. The zero-order valence-electron chi connectivity index (χ0n) is 13.9. The largest absolute Gasteiger partial charge is 0.408 e. The molecule has 0 saturated carbocycles. The van der Waals surface area contributed by atoms with Crippen molar-refractivity contribution in [2.75, 3.05) is 31.1 Å². The molecule has 2 aromatic rings. The second-order valence-electron chi connectivity index (χ2n) is 6.25. The smallest absolute Gasteiger partial charge is 0.318 e. The van der Waals surface area contributed by atoms with E-state index >= 15 is 0 Å². The molecule has 1 aromatic heterocycles. The number of hydrogen-bond acceptors (Lipinski definition) is 5. The van der Waals surface area contributed by atoms with Gasteiger partial charge in [0.05, 0.1) is 6.42 Å². The summed E-state index contributed by atoms with van der Waals surface area (Å²) in [6.07, 6.45) is 0.374. The first-order valence-corrected chi connectivity index (χ1v) is 8.51. The number of piperazine rings is 1. The number of amides is 1. The number of rotatable bonds is 4. The van der Waals surface area contributed by atoms with E-state index in [2.05, 4.69) is 10.2 Å². The number of carbonyl (C=O) groups is 1. The lowest BCUT2D eigenvalue weighted by molar-refractivity contribution is -0.130. The average molecular weight is 349 g/mol. The van der Waals surface area contributed by atoms with Crippen LogP contribution in [0.2, 0.25) is 5.02 Å². The summed E-state index contributed by atoms with van der Waals surface area (Å²) in [5.74, 6) is 0.974. The van der Waals surface area contributed by atoms with Crippen molar-refractivity contribution < 1.29 is 9.21 Å². The molecule has 1 amide bonds. The first-order chi connectivity index (χ1) is 11.5. The van der Waals surface area contributed by atoms with E-state index in [0.717, 1.165) is 5.56 Å². The lowest BCUT2D eigenvalue weighted by Crippen LogP contribution is -2.49. The molecule has 128 valence electrons. The van der Waals surface area contributed by atoms with Gasteiger partial charge in [-0.1, -0.05) is 42.7 Å². The van der Waals surface area contributed by atoms with Gasteiger partial charge in [-0.15, -0.1) is 5.10 Å². The molecule has 1 fully saturated rings. The summed E-state index contributed by atoms with van der Waals surface area (Å²) < 4.78 is 5.67. The number of hydrogen-bond donors (Lipinski definition) is 0. The Bertz CT molecular complexity index is 708. The monoisotopic (exact) mass is 348 g/mol. The maximum atomic E-state index is 12.4. The van der Waals surface area contributed by atoms with Crippen LogP contribution in [0.4, 0.5) is 6.01 Å². The van der Waals surface area contributed by atoms with E-state index in [9.17, 15) is 4.79 Å². The topological polar surface area (TPSA) is 62.5 Å². The van der Waals surface area contributed by atoms with Gasteiger partial charge < -0.3 is 14.2 Å². The Kier molecular flexibility index (Phi) is 5.04. The molecule has 6 nitrogen and oxygen atoms in total. The molecule has 0 unspecified atom stereocenters. The molecule has 3 rings (SSSR count). The van der Waals surface area contributed by atoms with E-state index in [0.29, 0.717) is 49.5 Å². The van der Waals surface area contributed by atoms with Crippen molar-refractivity contribution in [2.45, 2.75) is 26.2 Å². The highest BCUT2D eigenvalue weighted by Gasteiger charge is 2.24. The highest BCUT2D eigenvalue weighted by Crippen LogP contribution is 2.20. The molecule has 24 heavy (non-hydrogen) atoms. The van der Waals surface area contributed by atoms with Gasteiger partial charge in [0.15, 0.2) is 0 Å². The Morgan fingerprint density at radius 3 is 2.62 bits per heavy atom. The molecule has 0 atom stereocenters. The highest BCUT2D eigenvalue weighted by atomic mass is 35.5. The SMILES string of the molecule is CC(C)c1nnc(N2CCN(C(=O)Cc3cccc(Cl)c3)CC2)o1. The van der Waals surface area contributed by atoms with Crippen LogP contribution < -0.4 is 4.90 Å². The molecule has 0 radical (unpaired) electrons. The molecular formula is C17H21ClN4O2. The fourth-order valence-electron chi connectivity index (χ4n) is 2.67. The zero-order valence-corrected chi connectivity index (χ0v) is 14.7. The Labute approximate surface area is 146 Å². The fourth-order valence-corrected chi connectivity index (χ4v) is 2.88. The highest BCUT2D eigenvalue weighted by molar-refractivity contribution is 6.30. The van der Waals surface area contributed by atoms with Gasteiger partial charge in [0.25, 0.3) is 0 Å². The molecule has 1 saturated heterocycles. The molecule has 0 spiro atoms. The third-order valence-electron chi connectivity index (χ3n) is 4.07. The Balaban J connectivity index is 1.55. The minimum atomic E-state index is 0.116. The zero-order chi connectivity index (χ0) is 17.1. The molecule has 0 bridgehead atoms. The van der Waals surface area contributed by atoms with Crippen molar-refractivity contribution in [3.63, 3.8) is 0 Å². The Morgan fingerprint density at radius 2 is 2.00 bits per heavy atom. The molecule has 7 heteroatoms. The molecule has 1 aliphatic heterocycles. The van der Waals surface area contributed by atoms with Crippen LogP contribution in [-0.4, -0.2) is 47.2 Å². The van der Waals surface area contributed by atoms with E-state index in [4.69, 9.17) is 16.0 Å². The summed E-state index contributed by atoms with van der Waals surface area (Å²) in [6, 6.07) is 7.98. The van der Waals surface area contributed by atoms with Gasteiger partial charge in [-0.05, 0) is 17.7 Å². The van der Waals surface area contributed by atoms with Crippen LogP contribution in [0.15, 0.2) is 28.7 Å². The van der Waals surface area contributed by atoms with E-state index in [-0.39, 0.29) is 11.8 Å². The average Bonchev–Trinajstić information content (AvgIpc) is 3.05. The van der Waals surface area contributed by atoms with E-state index < -0.39 is 0 Å². The van der Waals surface area contributed by atoms with Crippen molar-refractivity contribution in [1.29, 1.82) is 0 Å². The summed E-state index contributed by atoms with van der Waals surface area (Å²) in [6.45, 7) is 6.73. The maximum Gasteiger partial charge on any atom is 0.318 e. The van der Waals surface area contributed by atoms with Crippen LogP contribution in [0.5, 0.6) is 0 Å². The third-order valence-corrected chi connectivity index (χ3v) is 4.31. The quantitative estimate of drug-likeness (QED) is 0.850. The Hall–Kier alpha value is -2.08. The summed E-state index contributed by atoms with van der Waals surface area (Å²) in [5, 5.41) is 8.81. The van der Waals surface area contributed by atoms with Crippen LogP contribution in [0.1, 0.15) is 31.2 Å². The Morgan fingerprint density at radius 1 is 1.25 bits per heavy atom. The van der Waals surface area contributed by atoms with Crippen molar-refractivity contribution in [1.82, 2.24) is 15.1 Å². The van der Waals surface area contributed by atoms with Gasteiger partial charge in [0.2, 0.25) is 11.8 Å². The summed E-state index contributed by atoms with van der Waals surface area (Å²) in [7, 11) is 0.